The van der Waals surface area contributed by atoms with Crippen LogP contribution in [0.25, 0.3) is 6.08 Å². The second-order valence-electron chi connectivity index (χ2n) is 5.72. The predicted octanol–water partition coefficient (Wildman–Crippen LogP) is 3.12. The fourth-order valence-corrected chi connectivity index (χ4v) is 2.71. The van der Waals surface area contributed by atoms with Crippen molar-refractivity contribution < 1.29 is 9.72 Å². The van der Waals surface area contributed by atoms with E-state index in [-0.39, 0.29) is 17.8 Å². The zero-order valence-electron chi connectivity index (χ0n) is 13.4. The first kappa shape index (κ1) is 15.7. The van der Waals surface area contributed by atoms with Gasteiger partial charge in [0.1, 0.15) is 6.17 Å². The summed E-state index contributed by atoms with van der Waals surface area (Å²) >= 11 is 0. The fourth-order valence-electron chi connectivity index (χ4n) is 2.71. The quantitative estimate of drug-likeness (QED) is 0.695. The molecule has 122 valence electrons. The van der Waals surface area contributed by atoms with Crippen LogP contribution < -0.4 is 10.2 Å². The molecule has 0 saturated carbocycles. The standard InChI is InChI=1S/C18H17N3O3/c1-12-6-8-13(9-7-12)18(22)19-17-11-10-14-15(20(17)2)4-3-5-16(14)21(23)24/h3-11,17H,1-2H3,(H,19,22). The third kappa shape index (κ3) is 2.86. The number of fused-ring (bicyclic) bond motifs is 1. The van der Waals surface area contributed by atoms with E-state index in [0.29, 0.717) is 16.8 Å². The average molecular weight is 323 g/mol. The van der Waals surface area contributed by atoms with Gasteiger partial charge in [-0.05, 0) is 37.3 Å². The molecule has 3 rings (SSSR count). The molecule has 0 saturated heterocycles. The van der Waals surface area contributed by atoms with Crippen molar-refractivity contribution in [3.63, 3.8) is 0 Å². The monoisotopic (exact) mass is 323 g/mol. The molecule has 0 aromatic heterocycles. The summed E-state index contributed by atoms with van der Waals surface area (Å²) in [5.41, 5.74) is 2.97. The largest absolute Gasteiger partial charge is 0.350 e. The van der Waals surface area contributed by atoms with E-state index in [1.165, 1.54) is 6.07 Å². The molecular formula is C18H17N3O3. The normalized spacial score (nSPS) is 15.8. The van der Waals surface area contributed by atoms with Gasteiger partial charge in [0.2, 0.25) is 0 Å². The molecule has 24 heavy (non-hydrogen) atoms. The number of anilines is 1. The van der Waals surface area contributed by atoms with Gasteiger partial charge >= 0.3 is 0 Å². The van der Waals surface area contributed by atoms with Crippen LogP contribution in [0.5, 0.6) is 0 Å². The van der Waals surface area contributed by atoms with Crippen molar-refractivity contribution in [3.05, 3.63) is 75.3 Å². The van der Waals surface area contributed by atoms with Crippen LogP contribution >= 0.6 is 0 Å². The predicted molar refractivity (Wildman–Crippen MR) is 93.0 cm³/mol. The SMILES string of the molecule is Cc1ccc(C(=O)NC2C=Cc3c(cccc3[N+](=O)[O-])N2C)cc1. The number of aryl methyl sites for hydroxylation is 1. The molecule has 0 aliphatic carbocycles. The Bertz CT molecular complexity index is 828. The van der Waals surface area contributed by atoms with Crippen LogP contribution in [-0.2, 0) is 0 Å². The third-order valence-corrected chi connectivity index (χ3v) is 4.09. The Hall–Kier alpha value is -3.15. The van der Waals surface area contributed by atoms with E-state index in [0.717, 1.165) is 5.56 Å². The molecule has 6 nitrogen and oxygen atoms in total. The number of hydrogen-bond acceptors (Lipinski definition) is 4. The van der Waals surface area contributed by atoms with Crippen molar-refractivity contribution in [1.82, 2.24) is 5.32 Å². The molecule has 1 heterocycles. The summed E-state index contributed by atoms with van der Waals surface area (Å²) in [7, 11) is 1.80. The van der Waals surface area contributed by atoms with E-state index in [2.05, 4.69) is 5.32 Å². The highest BCUT2D eigenvalue weighted by Gasteiger charge is 2.25. The smallest absolute Gasteiger partial charge is 0.278 e. The minimum Gasteiger partial charge on any atom is -0.350 e. The van der Waals surface area contributed by atoms with E-state index >= 15 is 0 Å². The second-order valence-corrected chi connectivity index (χ2v) is 5.72. The van der Waals surface area contributed by atoms with E-state index < -0.39 is 4.92 Å². The van der Waals surface area contributed by atoms with Gasteiger partial charge in [0, 0.05) is 18.7 Å². The van der Waals surface area contributed by atoms with Gasteiger partial charge in [-0.2, -0.15) is 0 Å². The summed E-state index contributed by atoms with van der Waals surface area (Å²) < 4.78 is 0. The number of nitro benzene ring substituents is 1. The summed E-state index contributed by atoms with van der Waals surface area (Å²) in [6, 6.07) is 12.2. The first-order chi connectivity index (χ1) is 11.5. The molecule has 0 bridgehead atoms. The Morgan fingerprint density at radius 1 is 1.21 bits per heavy atom. The Kier molecular flexibility index (Phi) is 4.04. The van der Waals surface area contributed by atoms with Gasteiger partial charge in [-0.15, -0.1) is 0 Å². The molecule has 1 aliphatic rings. The number of rotatable bonds is 3. The molecule has 1 N–H and O–H groups in total. The Morgan fingerprint density at radius 2 is 1.92 bits per heavy atom. The lowest BCUT2D eigenvalue weighted by molar-refractivity contribution is -0.385. The minimum atomic E-state index is -0.401. The van der Waals surface area contributed by atoms with Crippen LogP contribution in [0.4, 0.5) is 11.4 Å². The second kappa shape index (κ2) is 6.16. The van der Waals surface area contributed by atoms with Crippen molar-refractivity contribution in [2.45, 2.75) is 13.1 Å². The van der Waals surface area contributed by atoms with Crippen LogP contribution in [0.3, 0.4) is 0 Å². The van der Waals surface area contributed by atoms with Crippen LogP contribution in [-0.4, -0.2) is 24.0 Å². The maximum Gasteiger partial charge on any atom is 0.278 e. The molecule has 1 unspecified atom stereocenters. The van der Waals surface area contributed by atoms with Gasteiger partial charge in [0.25, 0.3) is 11.6 Å². The van der Waals surface area contributed by atoms with Crippen LogP contribution in [0.1, 0.15) is 21.5 Å². The van der Waals surface area contributed by atoms with Crippen LogP contribution in [0.15, 0.2) is 48.5 Å². The van der Waals surface area contributed by atoms with Crippen LogP contribution in [0, 0.1) is 17.0 Å². The Morgan fingerprint density at radius 3 is 2.58 bits per heavy atom. The number of likely N-dealkylation sites (N-methyl/N-ethyl adjacent to an activating group) is 1. The van der Waals surface area contributed by atoms with E-state index in [1.807, 2.05) is 24.0 Å². The number of carbonyl (C=O) groups excluding carboxylic acids is 1. The molecular weight excluding hydrogens is 306 g/mol. The maximum atomic E-state index is 12.4. The number of nitrogens with zero attached hydrogens (tertiary/aromatic N) is 2. The highest BCUT2D eigenvalue weighted by molar-refractivity contribution is 5.95. The van der Waals surface area contributed by atoms with Crippen LogP contribution in [0.2, 0.25) is 0 Å². The number of benzene rings is 2. The van der Waals surface area contributed by atoms with Crippen molar-refractivity contribution in [2.24, 2.45) is 0 Å². The zero-order chi connectivity index (χ0) is 17.3. The lowest BCUT2D eigenvalue weighted by Crippen LogP contribution is -2.46. The van der Waals surface area contributed by atoms with Gasteiger partial charge in [-0.1, -0.05) is 23.8 Å². The molecule has 6 heteroatoms. The summed E-state index contributed by atoms with van der Waals surface area (Å²) in [5.74, 6) is -0.189. The Labute approximate surface area is 139 Å². The summed E-state index contributed by atoms with van der Waals surface area (Å²) in [4.78, 5) is 24.9. The van der Waals surface area contributed by atoms with Crippen molar-refractivity contribution in [1.29, 1.82) is 0 Å². The highest BCUT2D eigenvalue weighted by atomic mass is 16.6. The molecule has 1 aliphatic heterocycles. The maximum absolute atomic E-state index is 12.4. The molecule has 0 spiro atoms. The van der Waals surface area contributed by atoms with E-state index in [1.54, 1.807) is 43.5 Å². The van der Waals surface area contributed by atoms with E-state index in [9.17, 15) is 14.9 Å². The van der Waals surface area contributed by atoms with E-state index in [4.69, 9.17) is 0 Å². The Balaban J connectivity index is 1.84. The summed E-state index contributed by atoms with van der Waals surface area (Å²) in [5, 5.41) is 14.1. The summed E-state index contributed by atoms with van der Waals surface area (Å²) in [6.45, 7) is 1.96. The number of nitro groups is 1. The lowest BCUT2D eigenvalue weighted by Gasteiger charge is -2.32. The minimum absolute atomic E-state index is 0.0545. The summed E-state index contributed by atoms with van der Waals surface area (Å²) in [6.07, 6.45) is 3.07. The topological polar surface area (TPSA) is 75.5 Å². The number of carbonyl (C=O) groups is 1. The van der Waals surface area contributed by atoms with Gasteiger partial charge in [0.05, 0.1) is 16.2 Å². The van der Waals surface area contributed by atoms with Gasteiger partial charge in [0.15, 0.2) is 0 Å². The van der Waals surface area contributed by atoms with Crippen molar-refractivity contribution in [2.75, 3.05) is 11.9 Å². The molecule has 1 atom stereocenters. The molecule has 0 radical (unpaired) electrons. The number of amides is 1. The van der Waals surface area contributed by atoms with Crippen molar-refractivity contribution in [3.8, 4) is 0 Å². The third-order valence-electron chi connectivity index (χ3n) is 4.09. The first-order valence-corrected chi connectivity index (χ1v) is 7.53. The van der Waals surface area contributed by atoms with Crippen molar-refractivity contribution >= 4 is 23.4 Å². The first-order valence-electron chi connectivity index (χ1n) is 7.53. The molecule has 2 aromatic carbocycles. The van der Waals surface area contributed by atoms with Gasteiger partial charge in [-0.3, -0.25) is 14.9 Å². The van der Waals surface area contributed by atoms with Gasteiger partial charge < -0.3 is 10.2 Å². The molecule has 1 amide bonds. The number of hydrogen-bond donors (Lipinski definition) is 1. The average Bonchev–Trinajstić information content (AvgIpc) is 2.57. The number of nitrogens with one attached hydrogen (secondary N) is 1. The van der Waals surface area contributed by atoms with Gasteiger partial charge in [-0.25, -0.2) is 0 Å². The molecule has 0 fully saturated rings. The zero-order valence-corrected chi connectivity index (χ0v) is 13.4. The lowest BCUT2D eigenvalue weighted by atomic mass is 10.0. The fraction of sp³-hybridized carbons (Fsp3) is 0.167. The highest BCUT2D eigenvalue weighted by Crippen LogP contribution is 2.33. The molecule has 2 aromatic rings.